The number of carbonyl (C=O) groups excluding carboxylic acids is 1. The van der Waals surface area contributed by atoms with Crippen LogP contribution in [-0.4, -0.2) is 30.5 Å². The Kier molecular flexibility index (Phi) is 6.26. The Balaban J connectivity index is 4.72. The van der Waals surface area contributed by atoms with E-state index in [1.54, 1.807) is 0 Å². The molecule has 2 nitrogen and oxygen atoms in total. The van der Waals surface area contributed by atoms with Crippen molar-refractivity contribution >= 4 is 26.0 Å². The molecule has 0 spiro atoms. The Hall–Kier alpha value is -0.243. The van der Waals surface area contributed by atoms with Crippen LogP contribution in [0.5, 0.6) is 0 Å². The van der Waals surface area contributed by atoms with Crippen molar-refractivity contribution < 1.29 is 4.79 Å². The first-order valence-corrected chi connectivity index (χ1v) is 9.17. The lowest BCUT2D eigenvalue weighted by Gasteiger charge is -2.38. The molecule has 0 saturated carbocycles. The van der Waals surface area contributed by atoms with Gasteiger partial charge in [-0.15, -0.1) is 25.0 Å². The summed E-state index contributed by atoms with van der Waals surface area (Å²) in [5, 5.41) is -0.0606. The molecular weight excluding hydrogens is 222 g/mol. The number of nitrogens with zero attached hydrogens (tertiary/aromatic N) is 1. The van der Waals surface area contributed by atoms with Crippen LogP contribution in [0.3, 0.4) is 0 Å². The third kappa shape index (κ3) is 4.87. The van der Waals surface area contributed by atoms with E-state index in [1.807, 2.05) is 0 Å². The highest BCUT2D eigenvalue weighted by Gasteiger charge is 2.31. The zero-order valence-corrected chi connectivity index (χ0v) is 12.0. The quantitative estimate of drug-likeness (QED) is 0.439. The maximum atomic E-state index is 11.5. The molecule has 0 aromatic heterocycles. The van der Waals surface area contributed by atoms with Crippen molar-refractivity contribution in [1.82, 2.24) is 4.57 Å². The van der Waals surface area contributed by atoms with Crippen molar-refractivity contribution in [2.45, 2.75) is 45.4 Å². The van der Waals surface area contributed by atoms with Crippen molar-refractivity contribution in [2.75, 3.05) is 6.54 Å². The van der Waals surface area contributed by atoms with E-state index < -0.39 is 8.24 Å². The van der Waals surface area contributed by atoms with Gasteiger partial charge in [0, 0.05) is 6.42 Å². The van der Waals surface area contributed by atoms with Gasteiger partial charge in [0.05, 0.1) is 6.04 Å². The second-order valence-corrected chi connectivity index (χ2v) is 9.91. The number of rotatable bonds is 6. The Morgan fingerprint density at radius 2 is 2.07 bits per heavy atom. The van der Waals surface area contributed by atoms with Gasteiger partial charge in [-0.05, 0) is 13.0 Å². The topological polar surface area (TPSA) is 20.3 Å². The van der Waals surface area contributed by atoms with Gasteiger partial charge in [-0.2, -0.15) is 0 Å². The molecule has 0 bridgehead atoms. The fourth-order valence-corrected chi connectivity index (χ4v) is 4.30. The van der Waals surface area contributed by atoms with E-state index >= 15 is 0 Å². The molecule has 0 saturated heterocycles. The minimum Gasteiger partial charge on any atom is -0.314 e. The van der Waals surface area contributed by atoms with Gasteiger partial charge in [0.2, 0.25) is 5.12 Å². The van der Waals surface area contributed by atoms with Crippen LogP contribution in [0, 0.1) is 12.3 Å². The Morgan fingerprint density at radius 3 is 2.33 bits per heavy atom. The molecule has 0 aliphatic heterocycles. The first kappa shape index (κ1) is 14.8. The molecule has 0 aliphatic carbocycles. The lowest BCUT2D eigenvalue weighted by atomic mass is 10.2. The van der Waals surface area contributed by atoms with Crippen molar-refractivity contribution in [3.05, 3.63) is 0 Å². The van der Waals surface area contributed by atoms with Gasteiger partial charge >= 0.3 is 0 Å². The van der Waals surface area contributed by atoms with E-state index in [1.165, 1.54) is 0 Å². The van der Waals surface area contributed by atoms with Crippen LogP contribution in [0.15, 0.2) is 0 Å². The molecule has 86 valence electrons. The number of hydrogen-bond donors (Lipinski definition) is 1. The second kappa shape index (κ2) is 6.36. The fourth-order valence-electron chi connectivity index (χ4n) is 1.79. The molecule has 0 rings (SSSR count). The molecular formula is C11H21NOSSi. The molecule has 0 radical (unpaired) electrons. The molecule has 15 heavy (non-hydrogen) atoms. The van der Waals surface area contributed by atoms with Crippen molar-refractivity contribution in [3.8, 4) is 12.3 Å². The third-order valence-electron chi connectivity index (χ3n) is 2.43. The molecule has 0 aliphatic rings. The second-order valence-electron chi connectivity index (χ2n) is 4.55. The SMILES string of the molecule is C#CCCC(C(=O)S)N(CC)[Si](C)(C)C. The first-order chi connectivity index (χ1) is 6.84. The van der Waals surface area contributed by atoms with Crippen LogP contribution >= 0.6 is 12.6 Å². The maximum Gasteiger partial charge on any atom is 0.202 e. The summed E-state index contributed by atoms with van der Waals surface area (Å²) in [4.78, 5) is 11.5. The van der Waals surface area contributed by atoms with Crippen molar-refractivity contribution in [1.29, 1.82) is 0 Å². The zero-order chi connectivity index (χ0) is 12.1. The average molecular weight is 243 g/mol. The van der Waals surface area contributed by atoms with Gasteiger partial charge in [0.15, 0.2) is 0 Å². The monoisotopic (exact) mass is 243 g/mol. The normalized spacial score (nSPS) is 13.7. The molecule has 0 aromatic carbocycles. The van der Waals surface area contributed by atoms with Gasteiger partial charge < -0.3 is 4.57 Å². The Labute approximate surface area is 99.9 Å². The van der Waals surface area contributed by atoms with Crippen molar-refractivity contribution in [3.63, 3.8) is 0 Å². The highest BCUT2D eigenvalue weighted by molar-refractivity contribution is 7.96. The average Bonchev–Trinajstić information content (AvgIpc) is 2.09. The predicted molar refractivity (Wildman–Crippen MR) is 71.6 cm³/mol. The predicted octanol–water partition coefficient (Wildman–Crippen LogP) is 2.38. The van der Waals surface area contributed by atoms with Crippen LogP contribution in [0.1, 0.15) is 19.8 Å². The lowest BCUT2D eigenvalue weighted by molar-refractivity contribution is -0.114. The van der Waals surface area contributed by atoms with E-state index in [-0.39, 0.29) is 11.2 Å². The van der Waals surface area contributed by atoms with E-state index in [9.17, 15) is 4.79 Å². The van der Waals surface area contributed by atoms with Crippen LogP contribution in [0.2, 0.25) is 19.6 Å². The minimum atomic E-state index is -1.47. The summed E-state index contributed by atoms with van der Waals surface area (Å²) in [7, 11) is -1.47. The third-order valence-corrected chi connectivity index (χ3v) is 5.07. The number of likely N-dealkylation sites (N-methyl/N-ethyl adjacent to an activating group) is 1. The molecule has 0 heterocycles. The summed E-state index contributed by atoms with van der Waals surface area (Å²) >= 11 is 3.96. The summed E-state index contributed by atoms with van der Waals surface area (Å²) in [6.45, 7) is 9.66. The molecule has 0 amide bonds. The lowest BCUT2D eigenvalue weighted by Crippen LogP contribution is -2.53. The summed E-state index contributed by atoms with van der Waals surface area (Å²) in [6, 6.07) is -0.110. The summed E-state index contributed by atoms with van der Waals surface area (Å²) < 4.78 is 2.28. The summed E-state index contributed by atoms with van der Waals surface area (Å²) in [5.74, 6) is 2.59. The molecule has 4 heteroatoms. The number of hydrogen-bond acceptors (Lipinski definition) is 2. The molecule has 0 N–H and O–H groups in total. The molecule has 0 fully saturated rings. The van der Waals surface area contributed by atoms with Gasteiger partial charge in [-0.25, -0.2) is 0 Å². The standard InChI is InChI=1S/C11H21NOSSi/c1-6-8-9-10(11(13)14)12(7-2)15(3,4)5/h1,10H,7-9H2,2-5H3,(H,13,14). The number of carbonyl (C=O) groups is 1. The van der Waals surface area contributed by atoms with E-state index in [4.69, 9.17) is 6.42 Å². The van der Waals surface area contributed by atoms with Crippen LogP contribution in [-0.2, 0) is 4.79 Å². The maximum absolute atomic E-state index is 11.5. The van der Waals surface area contributed by atoms with Crippen LogP contribution in [0.4, 0.5) is 0 Å². The van der Waals surface area contributed by atoms with Crippen molar-refractivity contribution in [2.24, 2.45) is 0 Å². The van der Waals surface area contributed by atoms with Gasteiger partial charge in [0.1, 0.15) is 8.24 Å². The smallest absolute Gasteiger partial charge is 0.202 e. The first-order valence-electron chi connectivity index (χ1n) is 5.27. The van der Waals surface area contributed by atoms with E-state index in [0.717, 1.165) is 13.0 Å². The largest absolute Gasteiger partial charge is 0.314 e. The molecule has 1 unspecified atom stereocenters. The van der Waals surface area contributed by atoms with Gasteiger partial charge in [-0.1, -0.05) is 26.6 Å². The number of thiol groups is 1. The number of terminal acetylenes is 1. The van der Waals surface area contributed by atoms with Crippen LogP contribution < -0.4 is 0 Å². The Morgan fingerprint density at radius 1 is 1.53 bits per heavy atom. The van der Waals surface area contributed by atoms with Gasteiger partial charge in [-0.3, -0.25) is 4.79 Å². The highest BCUT2D eigenvalue weighted by atomic mass is 32.1. The van der Waals surface area contributed by atoms with Gasteiger partial charge in [0.25, 0.3) is 0 Å². The van der Waals surface area contributed by atoms with Crippen LogP contribution in [0.25, 0.3) is 0 Å². The molecule has 0 aromatic rings. The summed E-state index contributed by atoms with van der Waals surface area (Å²) in [6.07, 6.45) is 6.59. The van der Waals surface area contributed by atoms with E-state index in [0.29, 0.717) is 6.42 Å². The zero-order valence-electron chi connectivity index (χ0n) is 10.1. The fraction of sp³-hybridized carbons (Fsp3) is 0.727. The van der Waals surface area contributed by atoms with E-state index in [2.05, 4.69) is 49.7 Å². The molecule has 1 atom stereocenters. The minimum absolute atomic E-state index is 0.0606. The Bertz CT molecular complexity index is 254. The highest BCUT2D eigenvalue weighted by Crippen LogP contribution is 2.18. The summed E-state index contributed by atoms with van der Waals surface area (Å²) in [5.41, 5.74) is 0.